The summed E-state index contributed by atoms with van der Waals surface area (Å²) in [5, 5.41) is 13.9. The van der Waals surface area contributed by atoms with E-state index in [1.807, 2.05) is 6.07 Å². The Kier molecular flexibility index (Phi) is 3.06. The summed E-state index contributed by atoms with van der Waals surface area (Å²) in [6, 6.07) is 1.78. The highest BCUT2D eigenvalue weighted by Crippen LogP contribution is 2.12. The Bertz CT molecular complexity index is 209. The van der Waals surface area contributed by atoms with E-state index in [0.29, 0.717) is 5.92 Å². The highest BCUT2D eigenvalue weighted by molar-refractivity contribution is 5.82. The maximum Gasteiger partial charge on any atom is 0.237 e. The van der Waals surface area contributed by atoms with E-state index in [1.54, 1.807) is 0 Å². The second-order valence-electron chi connectivity index (χ2n) is 3.18. The Morgan fingerprint density at radius 2 is 2.58 bits per heavy atom. The fourth-order valence-corrected chi connectivity index (χ4v) is 1.36. The van der Waals surface area contributed by atoms with Gasteiger partial charge in [0, 0.05) is 0 Å². The van der Waals surface area contributed by atoms with Gasteiger partial charge in [-0.2, -0.15) is 5.26 Å². The summed E-state index contributed by atoms with van der Waals surface area (Å²) in [5.74, 6) is 0.503. The molecule has 1 aliphatic heterocycles. The minimum Gasteiger partial charge on any atom is -0.342 e. The van der Waals surface area contributed by atoms with E-state index < -0.39 is 0 Å². The van der Waals surface area contributed by atoms with Gasteiger partial charge in [0.2, 0.25) is 5.91 Å². The SMILES string of the molecule is CC1CN[C@H](C(=O)NCC#N)C1. The zero-order valence-corrected chi connectivity index (χ0v) is 7.13. The number of nitriles is 1. The van der Waals surface area contributed by atoms with Crippen LogP contribution >= 0.6 is 0 Å². The van der Waals surface area contributed by atoms with E-state index in [9.17, 15) is 4.79 Å². The number of carbonyl (C=O) groups excluding carboxylic acids is 1. The van der Waals surface area contributed by atoms with Gasteiger partial charge in [0.05, 0.1) is 12.1 Å². The number of carbonyl (C=O) groups is 1. The molecular formula is C8H13N3O. The molecule has 0 radical (unpaired) electrons. The van der Waals surface area contributed by atoms with Crippen molar-refractivity contribution >= 4 is 5.91 Å². The lowest BCUT2D eigenvalue weighted by Crippen LogP contribution is -2.40. The van der Waals surface area contributed by atoms with Crippen LogP contribution in [0.25, 0.3) is 0 Å². The Hall–Kier alpha value is -1.08. The molecule has 1 heterocycles. The first-order valence-electron chi connectivity index (χ1n) is 4.12. The average molecular weight is 167 g/mol. The molecule has 2 N–H and O–H groups in total. The van der Waals surface area contributed by atoms with Crippen LogP contribution in [0.1, 0.15) is 13.3 Å². The molecule has 0 aromatic carbocycles. The lowest BCUT2D eigenvalue weighted by molar-refractivity contribution is -0.122. The van der Waals surface area contributed by atoms with E-state index in [0.717, 1.165) is 13.0 Å². The molecule has 1 unspecified atom stereocenters. The first-order valence-corrected chi connectivity index (χ1v) is 4.12. The fourth-order valence-electron chi connectivity index (χ4n) is 1.36. The Balaban J connectivity index is 2.29. The average Bonchev–Trinajstić information content (AvgIpc) is 2.47. The topological polar surface area (TPSA) is 64.9 Å². The van der Waals surface area contributed by atoms with Crippen LogP contribution in [0.2, 0.25) is 0 Å². The van der Waals surface area contributed by atoms with Crippen LogP contribution in [0, 0.1) is 17.2 Å². The minimum atomic E-state index is -0.0895. The molecule has 66 valence electrons. The van der Waals surface area contributed by atoms with Crippen molar-refractivity contribution in [3.05, 3.63) is 0 Å². The quantitative estimate of drug-likeness (QED) is 0.551. The van der Waals surface area contributed by atoms with Gasteiger partial charge in [0.25, 0.3) is 0 Å². The lowest BCUT2D eigenvalue weighted by atomic mass is 10.1. The minimum absolute atomic E-state index is 0.0547. The van der Waals surface area contributed by atoms with Gasteiger partial charge in [-0.05, 0) is 18.9 Å². The van der Waals surface area contributed by atoms with Crippen LogP contribution in [0.15, 0.2) is 0 Å². The van der Waals surface area contributed by atoms with Crippen molar-refractivity contribution in [2.75, 3.05) is 13.1 Å². The van der Waals surface area contributed by atoms with Crippen LogP contribution in [0.5, 0.6) is 0 Å². The number of nitrogens with one attached hydrogen (secondary N) is 2. The molecule has 1 fully saturated rings. The van der Waals surface area contributed by atoms with Gasteiger partial charge in [0.15, 0.2) is 0 Å². The normalized spacial score (nSPS) is 28.0. The molecular weight excluding hydrogens is 154 g/mol. The van der Waals surface area contributed by atoms with Gasteiger partial charge < -0.3 is 10.6 Å². The summed E-state index contributed by atoms with van der Waals surface area (Å²) in [4.78, 5) is 11.2. The number of amides is 1. The third-order valence-corrected chi connectivity index (χ3v) is 2.01. The van der Waals surface area contributed by atoms with Crippen LogP contribution in [-0.4, -0.2) is 25.0 Å². The predicted molar refractivity (Wildman–Crippen MR) is 44.2 cm³/mol. The zero-order chi connectivity index (χ0) is 8.97. The predicted octanol–water partition coefficient (Wildman–Crippen LogP) is -0.376. The third-order valence-electron chi connectivity index (χ3n) is 2.01. The second-order valence-corrected chi connectivity index (χ2v) is 3.18. The number of nitrogens with zero attached hydrogens (tertiary/aromatic N) is 1. The summed E-state index contributed by atoms with van der Waals surface area (Å²) in [7, 11) is 0. The monoisotopic (exact) mass is 167 g/mol. The van der Waals surface area contributed by atoms with E-state index >= 15 is 0 Å². The molecule has 0 aliphatic carbocycles. The van der Waals surface area contributed by atoms with Crippen molar-refractivity contribution in [3.63, 3.8) is 0 Å². The van der Waals surface area contributed by atoms with Crippen molar-refractivity contribution in [1.29, 1.82) is 5.26 Å². The Labute approximate surface area is 71.9 Å². The molecule has 1 saturated heterocycles. The molecule has 4 heteroatoms. The molecule has 1 rings (SSSR count). The lowest BCUT2D eigenvalue weighted by Gasteiger charge is -2.07. The largest absolute Gasteiger partial charge is 0.342 e. The molecule has 2 atom stereocenters. The number of hydrogen-bond donors (Lipinski definition) is 2. The van der Waals surface area contributed by atoms with Crippen LogP contribution in [-0.2, 0) is 4.79 Å². The molecule has 12 heavy (non-hydrogen) atoms. The van der Waals surface area contributed by atoms with Crippen molar-refractivity contribution in [2.24, 2.45) is 5.92 Å². The van der Waals surface area contributed by atoms with Crippen molar-refractivity contribution in [3.8, 4) is 6.07 Å². The van der Waals surface area contributed by atoms with Crippen molar-refractivity contribution in [2.45, 2.75) is 19.4 Å². The summed E-state index contributed by atoms with van der Waals surface area (Å²) in [5.41, 5.74) is 0. The first-order chi connectivity index (χ1) is 5.74. The molecule has 4 nitrogen and oxygen atoms in total. The zero-order valence-electron chi connectivity index (χ0n) is 7.13. The van der Waals surface area contributed by atoms with E-state index in [4.69, 9.17) is 5.26 Å². The summed E-state index contributed by atoms with van der Waals surface area (Å²) < 4.78 is 0. The third kappa shape index (κ3) is 2.21. The summed E-state index contributed by atoms with van der Waals surface area (Å²) >= 11 is 0. The van der Waals surface area contributed by atoms with E-state index in [-0.39, 0.29) is 18.5 Å². The molecule has 1 aliphatic rings. The van der Waals surface area contributed by atoms with Crippen molar-refractivity contribution in [1.82, 2.24) is 10.6 Å². The van der Waals surface area contributed by atoms with Gasteiger partial charge in [-0.15, -0.1) is 0 Å². The first kappa shape index (κ1) is 9.01. The number of rotatable bonds is 2. The van der Waals surface area contributed by atoms with Crippen LogP contribution in [0.4, 0.5) is 0 Å². The summed E-state index contributed by atoms with van der Waals surface area (Å²) in [6.07, 6.45) is 0.872. The van der Waals surface area contributed by atoms with E-state index in [2.05, 4.69) is 17.6 Å². The molecule has 0 spiro atoms. The van der Waals surface area contributed by atoms with Crippen LogP contribution in [0.3, 0.4) is 0 Å². The highest BCUT2D eigenvalue weighted by atomic mass is 16.2. The summed E-state index contributed by atoms with van der Waals surface area (Å²) in [6.45, 7) is 3.10. The van der Waals surface area contributed by atoms with Gasteiger partial charge in [0.1, 0.15) is 6.54 Å². The van der Waals surface area contributed by atoms with Gasteiger partial charge in [-0.3, -0.25) is 4.79 Å². The highest BCUT2D eigenvalue weighted by Gasteiger charge is 2.26. The molecule has 1 amide bonds. The maximum atomic E-state index is 11.2. The number of hydrogen-bond acceptors (Lipinski definition) is 3. The van der Waals surface area contributed by atoms with E-state index in [1.165, 1.54) is 0 Å². The van der Waals surface area contributed by atoms with Gasteiger partial charge in [-0.25, -0.2) is 0 Å². The molecule has 0 saturated carbocycles. The molecule has 0 aromatic rings. The van der Waals surface area contributed by atoms with Crippen LogP contribution < -0.4 is 10.6 Å². The van der Waals surface area contributed by atoms with Gasteiger partial charge >= 0.3 is 0 Å². The fraction of sp³-hybridized carbons (Fsp3) is 0.750. The van der Waals surface area contributed by atoms with Crippen molar-refractivity contribution < 1.29 is 4.79 Å². The van der Waals surface area contributed by atoms with Gasteiger partial charge in [-0.1, -0.05) is 6.92 Å². The smallest absolute Gasteiger partial charge is 0.237 e. The Morgan fingerprint density at radius 3 is 3.08 bits per heavy atom. The Morgan fingerprint density at radius 1 is 1.83 bits per heavy atom. The molecule has 0 aromatic heterocycles. The second kappa shape index (κ2) is 4.07. The molecule has 0 bridgehead atoms. The standard InChI is InChI=1S/C8H13N3O/c1-6-4-7(11-5-6)8(12)10-3-2-9/h6-7,11H,3-5H2,1H3,(H,10,12)/t6?,7-/m0/s1. The maximum absolute atomic E-state index is 11.2.